The highest BCUT2D eigenvalue weighted by molar-refractivity contribution is 6.30. The van der Waals surface area contributed by atoms with E-state index in [1.54, 1.807) is 30.3 Å². The molecule has 1 aliphatic heterocycles. The third kappa shape index (κ3) is 2.73. The van der Waals surface area contributed by atoms with Gasteiger partial charge in [0.2, 0.25) is 0 Å². The van der Waals surface area contributed by atoms with Crippen LogP contribution in [0.15, 0.2) is 48.5 Å². The zero-order chi connectivity index (χ0) is 14.8. The quantitative estimate of drug-likeness (QED) is 0.885. The number of hydrogen-bond donors (Lipinski definition) is 1. The molecule has 1 N–H and O–H groups in total. The van der Waals surface area contributed by atoms with Crippen molar-refractivity contribution in [2.45, 2.75) is 12.3 Å². The number of nitrogens with zero attached hydrogens (tertiary/aromatic N) is 1. The predicted octanol–water partition coefficient (Wildman–Crippen LogP) is 3.15. The molecular weight excluding hydrogens is 290 g/mol. The maximum absolute atomic E-state index is 11.3. The fraction of sp³-hybridized carbons (Fsp3) is 0.188. The van der Waals surface area contributed by atoms with E-state index in [-0.39, 0.29) is 11.8 Å². The van der Waals surface area contributed by atoms with E-state index in [1.807, 2.05) is 23.1 Å². The van der Waals surface area contributed by atoms with Crippen LogP contribution in [0.2, 0.25) is 5.02 Å². The summed E-state index contributed by atoms with van der Waals surface area (Å²) in [6.07, 6.45) is 0.135. The first kappa shape index (κ1) is 13.9. The average molecular weight is 304 g/mol. The topological polar surface area (TPSA) is 49.8 Å². The Morgan fingerprint density at radius 1 is 1.24 bits per heavy atom. The molecule has 108 valence electrons. The second-order valence-electron chi connectivity index (χ2n) is 4.85. The van der Waals surface area contributed by atoms with E-state index in [4.69, 9.17) is 16.3 Å². The van der Waals surface area contributed by atoms with Gasteiger partial charge in [0, 0.05) is 10.7 Å². The van der Waals surface area contributed by atoms with Gasteiger partial charge in [-0.1, -0.05) is 23.7 Å². The second-order valence-corrected chi connectivity index (χ2v) is 5.29. The molecule has 0 spiro atoms. The number of halogens is 1. The van der Waals surface area contributed by atoms with Crippen LogP contribution in [0, 0.1) is 0 Å². The van der Waals surface area contributed by atoms with Crippen LogP contribution in [0.5, 0.6) is 5.75 Å². The van der Waals surface area contributed by atoms with Crippen molar-refractivity contribution in [1.29, 1.82) is 0 Å². The number of carbonyl (C=O) groups excluding carboxylic acids is 1. The van der Waals surface area contributed by atoms with E-state index in [2.05, 4.69) is 0 Å². The molecule has 2 aromatic rings. The van der Waals surface area contributed by atoms with Gasteiger partial charge in [-0.15, -0.1) is 0 Å². The number of aldehydes is 1. The van der Waals surface area contributed by atoms with Crippen molar-refractivity contribution in [2.75, 3.05) is 11.5 Å². The number of benzene rings is 2. The van der Waals surface area contributed by atoms with Crippen LogP contribution in [0.25, 0.3) is 0 Å². The molecule has 0 saturated carbocycles. The summed E-state index contributed by atoms with van der Waals surface area (Å²) in [5, 5.41) is 10.3. The van der Waals surface area contributed by atoms with Crippen LogP contribution in [-0.2, 0) is 9.53 Å². The van der Waals surface area contributed by atoms with Gasteiger partial charge in [-0.05, 0) is 42.0 Å². The summed E-state index contributed by atoms with van der Waals surface area (Å²) >= 11 is 5.91. The number of hydrogen-bond acceptors (Lipinski definition) is 4. The summed E-state index contributed by atoms with van der Waals surface area (Å²) in [7, 11) is 0. The Morgan fingerprint density at radius 3 is 2.67 bits per heavy atom. The lowest BCUT2D eigenvalue weighted by molar-refractivity contribution is -0.115. The van der Waals surface area contributed by atoms with Crippen LogP contribution < -0.4 is 4.90 Å². The molecule has 1 aliphatic rings. The Balaban J connectivity index is 1.99. The van der Waals surface area contributed by atoms with Crippen molar-refractivity contribution in [1.82, 2.24) is 0 Å². The number of aromatic hydroxyl groups is 1. The zero-order valence-corrected chi connectivity index (χ0v) is 11.9. The molecule has 3 rings (SSSR count). The van der Waals surface area contributed by atoms with Gasteiger partial charge in [-0.2, -0.15) is 0 Å². The first-order chi connectivity index (χ1) is 10.2. The molecule has 2 atom stereocenters. The standard InChI is InChI=1S/C16H14ClNO3/c17-12-4-6-13(7-5-12)18-15(10-21-16(18)9-19)11-2-1-3-14(20)8-11/h1-9,15-16,20H,10H2. The van der Waals surface area contributed by atoms with Gasteiger partial charge in [-0.25, -0.2) is 0 Å². The fourth-order valence-electron chi connectivity index (χ4n) is 2.56. The molecule has 0 bridgehead atoms. The Morgan fingerprint density at radius 2 is 2.00 bits per heavy atom. The van der Waals surface area contributed by atoms with Crippen molar-refractivity contribution in [3.8, 4) is 5.75 Å². The third-order valence-corrected chi connectivity index (χ3v) is 3.78. The first-order valence-corrected chi connectivity index (χ1v) is 6.96. The number of carbonyl (C=O) groups is 1. The highest BCUT2D eigenvalue weighted by atomic mass is 35.5. The maximum Gasteiger partial charge on any atom is 0.187 e. The van der Waals surface area contributed by atoms with Crippen LogP contribution in [0.1, 0.15) is 11.6 Å². The van der Waals surface area contributed by atoms with Crippen molar-refractivity contribution in [3.05, 3.63) is 59.1 Å². The highest BCUT2D eigenvalue weighted by Crippen LogP contribution is 2.36. The van der Waals surface area contributed by atoms with Crippen molar-refractivity contribution in [3.63, 3.8) is 0 Å². The molecule has 5 heteroatoms. The van der Waals surface area contributed by atoms with Gasteiger partial charge in [0.15, 0.2) is 12.5 Å². The molecule has 0 aliphatic carbocycles. The number of anilines is 1. The monoisotopic (exact) mass is 303 g/mol. The molecule has 21 heavy (non-hydrogen) atoms. The molecule has 4 nitrogen and oxygen atoms in total. The number of phenolic OH excluding ortho intramolecular Hbond substituents is 1. The Kier molecular flexibility index (Phi) is 3.82. The fourth-order valence-corrected chi connectivity index (χ4v) is 2.69. The second kappa shape index (κ2) is 5.76. The maximum atomic E-state index is 11.3. The van der Waals surface area contributed by atoms with E-state index in [0.29, 0.717) is 11.6 Å². The number of phenols is 1. The van der Waals surface area contributed by atoms with Gasteiger partial charge >= 0.3 is 0 Å². The van der Waals surface area contributed by atoms with E-state index >= 15 is 0 Å². The predicted molar refractivity (Wildman–Crippen MR) is 80.6 cm³/mol. The van der Waals surface area contributed by atoms with Crippen molar-refractivity contribution in [2.24, 2.45) is 0 Å². The molecule has 2 aromatic carbocycles. The summed E-state index contributed by atoms with van der Waals surface area (Å²) in [5.74, 6) is 0.193. The van der Waals surface area contributed by atoms with Crippen molar-refractivity contribution >= 4 is 23.6 Å². The molecule has 0 radical (unpaired) electrons. The van der Waals surface area contributed by atoms with E-state index in [9.17, 15) is 9.90 Å². The minimum absolute atomic E-state index is 0.131. The minimum Gasteiger partial charge on any atom is -0.508 e. The molecule has 1 heterocycles. The van der Waals surface area contributed by atoms with Gasteiger partial charge in [0.05, 0.1) is 12.6 Å². The SMILES string of the molecule is O=CC1OCC(c2cccc(O)c2)N1c1ccc(Cl)cc1. The van der Waals surface area contributed by atoms with E-state index < -0.39 is 6.23 Å². The van der Waals surface area contributed by atoms with Gasteiger partial charge in [-0.3, -0.25) is 4.79 Å². The van der Waals surface area contributed by atoms with Gasteiger partial charge in [0.1, 0.15) is 5.75 Å². The van der Waals surface area contributed by atoms with Crippen LogP contribution >= 0.6 is 11.6 Å². The normalized spacial score (nSPS) is 21.5. The lowest BCUT2D eigenvalue weighted by Crippen LogP contribution is -2.33. The zero-order valence-electron chi connectivity index (χ0n) is 11.1. The Labute approximate surface area is 127 Å². The lowest BCUT2D eigenvalue weighted by atomic mass is 10.1. The van der Waals surface area contributed by atoms with Crippen LogP contribution in [0.4, 0.5) is 5.69 Å². The molecular formula is C16H14ClNO3. The summed E-state index contributed by atoms with van der Waals surface area (Å²) < 4.78 is 5.55. The molecule has 0 aromatic heterocycles. The Bertz CT molecular complexity index is 644. The van der Waals surface area contributed by atoms with Crippen molar-refractivity contribution < 1.29 is 14.6 Å². The van der Waals surface area contributed by atoms with Crippen LogP contribution in [0.3, 0.4) is 0 Å². The van der Waals surface area contributed by atoms with E-state index in [1.165, 1.54) is 0 Å². The van der Waals surface area contributed by atoms with E-state index in [0.717, 1.165) is 17.5 Å². The molecule has 1 fully saturated rings. The molecule has 1 saturated heterocycles. The van der Waals surface area contributed by atoms with Gasteiger partial charge < -0.3 is 14.7 Å². The van der Waals surface area contributed by atoms with Crippen LogP contribution in [-0.4, -0.2) is 24.2 Å². The smallest absolute Gasteiger partial charge is 0.187 e. The first-order valence-electron chi connectivity index (χ1n) is 6.59. The summed E-state index contributed by atoms with van der Waals surface area (Å²) in [6.45, 7) is 0.384. The summed E-state index contributed by atoms with van der Waals surface area (Å²) in [4.78, 5) is 13.1. The number of rotatable bonds is 3. The average Bonchev–Trinajstić information content (AvgIpc) is 2.92. The molecule has 2 unspecified atom stereocenters. The number of ether oxygens (including phenoxy) is 1. The highest BCUT2D eigenvalue weighted by Gasteiger charge is 2.35. The molecule has 0 amide bonds. The lowest BCUT2D eigenvalue weighted by Gasteiger charge is -2.28. The largest absolute Gasteiger partial charge is 0.508 e. The Hall–Kier alpha value is -2.04. The summed E-state index contributed by atoms with van der Waals surface area (Å²) in [6, 6.07) is 14.1. The summed E-state index contributed by atoms with van der Waals surface area (Å²) in [5.41, 5.74) is 1.75. The van der Waals surface area contributed by atoms with Gasteiger partial charge in [0.25, 0.3) is 0 Å². The third-order valence-electron chi connectivity index (χ3n) is 3.53. The minimum atomic E-state index is -0.640.